The molecule has 1 N–H and O–H groups in total. The Hall–Kier alpha value is -1.02. The van der Waals surface area contributed by atoms with Gasteiger partial charge in [-0.25, -0.2) is 0 Å². The fourth-order valence-corrected chi connectivity index (χ4v) is 1.75. The van der Waals surface area contributed by atoms with E-state index in [0.717, 1.165) is 19.0 Å². The first-order chi connectivity index (χ1) is 6.29. The monoisotopic (exact) mass is 176 g/mol. The molecule has 0 bridgehead atoms. The molecule has 1 fully saturated rings. The van der Waals surface area contributed by atoms with E-state index in [1.807, 2.05) is 0 Å². The minimum Gasteiger partial charge on any atom is -0.377 e. The summed E-state index contributed by atoms with van der Waals surface area (Å²) in [5, 5.41) is 3.31. The summed E-state index contributed by atoms with van der Waals surface area (Å²) < 4.78 is 0. The van der Waals surface area contributed by atoms with Crippen LogP contribution in [-0.2, 0) is 0 Å². The highest BCUT2D eigenvalue weighted by Crippen LogP contribution is 2.28. The first-order valence-corrected chi connectivity index (χ1v) is 4.76. The van der Waals surface area contributed by atoms with Gasteiger partial charge in [0.2, 0.25) is 0 Å². The van der Waals surface area contributed by atoms with Gasteiger partial charge in [-0.1, -0.05) is 18.2 Å². The molecular formula is C11H16N2. The summed E-state index contributed by atoms with van der Waals surface area (Å²) in [6.07, 6.45) is 0. The van der Waals surface area contributed by atoms with Crippen LogP contribution in [0.25, 0.3) is 0 Å². The van der Waals surface area contributed by atoms with E-state index in [2.05, 4.69) is 48.6 Å². The molecule has 0 saturated carbocycles. The van der Waals surface area contributed by atoms with Crippen LogP contribution in [0.1, 0.15) is 11.5 Å². The maximum absolute atomic E-state index is 3.31. The van der Waals surface area contributed by atoms with Gasteiger partial charge in [-0.15, -0.1) is 0 Å². The number of benzene rings is 1. The van der Waals surface area contributed by atoms with Gasteiger partial charge in [-0.05, 0) is 11.6 Å². The third kappa shape index (κ3) is 1.54. The van der Waals surface area contributed by atoms with Crippen LogP contribution in [-0.4, -0.2) is 27.2 Å². The third-order valence-corrected chi connectivity index (χ3v) is 2.64. The summed E-state index contributed by atoms with van der Waals surface area (Å²) in [6, 6.07) is 8.65. The number of anilines is 1. The Morgan fingerprint density at radius 1 is 1.23 bits per heavy atom. The van der Waals surface area contributed by atoms with E-state index in [-0.39, 0.29) is 0 Å². The fraction of sp³-hybridized carbons (Fsp3) is 0.455. The molecule has 0 radical (unpaired) electrons. The van der Waals surface area contributed by atoms with E-state index < -0.39 is 0 Å². The zero-order valence-corrected chi connectivity index (χ0v) is 8.25. The standard InChI is InChI=1S/C11H16N2/c1-13(2)11-6-4-3-5-10(11)9-7-12-8-9/h3-6,9,12H,7-8H2,1-2H3. The van der Waals surface area contributed by atoms with Gasteiger partial charge in [-0.3, -0.25) is 0 Å². The van der Waals surface area contributed by atoms with E-state index in [1.165, 1.54) is 11.3 Å². The van der Waals surface area contributed by atoms with Crippen LogP contribution in [0.2, 0.25) is 0 Å². The molecule has 13 heavy (non-hydrogen) atoms. The molecule has 0 amide bonds. The average Bonchev–Trinajstić information content (AvgIpc) is 2.02. The normalized spacial score (nSPS) is 16.8. The number of rotatable bonds is 2. The van der Waals surface area contributed by atoms with Crippen molar-refractivity contribution in [2.24, 2.45) is 0 Å². The molecule has 1 aromatic carbocycles. The molecule has 70 valence electrons. The molecule has 2 rings (SSSR count). The van der Waals surface area contributed by atoms with Crippen molar-refractivity contribution in [2.75, 3.05) is 32.1 Å². The predicted octanol–water partition coefficient (Wildman–Crippen LogP) is 1.44. The lowest BCUT2D eigenvalue weighted by molar-refractivity contribution is 0.448. The van der Waals surface area contributed by atoms with Crippen molar-refractivity contribution in [3.05, 3.63) is 29.8 Å². The van der Waals surface area contributed by atoms with Crippen LogP contribution in [0.5, 0.6) is 0 Å². The highest BCUT2D eigenvalue weighted by atomic mass is 15.1. The Bertz CT molecular complexity index is 290. The average molecular weight is 176 g/mol. The van der Waals surface area contributed by atoms with Gasteiger partial charge in [0, 0.05) is 38.8 Å². The van der Waals surface area contributed by atoms with E-state index in [1.54, 1.807) is 0 Å². The van der Waals surface area contributed by atoms with Crippen molar-refractivity contribution in [2.45, 2.75) is 5.92 Å². The van der Waals surface area contributed by atoms with Crippen molar-refractivity contribution in [1.29, 1.82) is 0 Å². The van der Waals surface area contributed by atoms with Crippen LogP contribution >= 0.6 is 0 Å². The van der Waals surface area contributed by atoms with Crippen LogP contribution in [0.15, 0.2) is 24.3 Å². The summed E-state index contributed by atoms with van der Waals surface area (Å²) in [5.74, 6) is 0.721. The molecule has 1 heterocycles. The first kappa shape index (κ1) is 8.57. The van der Waals surface area contributed by atoms with E-state index in [0.29, 0.717) is 0 Å². The van der Waals surface area contributed by atoms with E-state index in [4.69, 9.17) is 0 Å². The smallest absolute Gasteiger partial charge is 0.0397 e. The van der Waals surface area contributed by atoms with Gasteiger partial charge in [-0.2, -0.15) is 0 Å². The van der Waals surface area contributed by atoms with Crippen LogP contribution in [0, 0.1) is 0 Å². The first-order valence-electron chi connectivity index (χ1n) is 4.76. The topological polar surface area (TPSA) is 15.3 Å². The highest BCUT2D eigenvalue weighted by Gasteiger charge is 2.21. The molecule has 2 heteroatoms. The van der Waals surface area contributed by atoms with Gasteiger partial charge in [0.25, 0.3) is 0 Å². The molecule has 0 aromatic heterocycles. The number of para-hydroxylation sites is 1. The van der Waals surface area contributed by atoms with Gasteiger partial charge in [0.15, 0.2) is 0 Å². The predicted molar refractivity (Wildman–Crippen MR) is 56.4 cm³/mol. The number of hydrogen-bond acceptors (Lipinski definition) is 2. The van der Waals surface area contributed by atoms with Crippen molar-refractivity contribution in [1.82, 2.24) is 5.32 Å². The Balaban J connectivity index is 2.31. The largest absolute Gasteiger partial charge is 0.377 e. The van der Waals surface area contributed by atoms with Gasteiger partial charge < -0.3 is 10.2 Å². The van der Waals surface area contributed by atoms with Crippen molar-refractivity contribution in [3.63, 3.8) is 0 Å². The minimum absolute atomic E-state index is 0.721. The van der Waals surface area contributed by atoms with E-state index >= 15 is 0 Å². The lowest BCUT2D eigenvalue weighted by Crippen LogP contribution is -2.40. The summed E-state index contributed by atoms with van der Waals surface area (Å²) in [7, 11) is 4.20. The van der Waals surface area contributed by atoms with Crippen molar-refractivity contribution < 1.29 is 0 Å². The summed E-state index contributed by atoms with van der Waals surface area (Å²) in [6.45, 7) is 2.26. The molecular weight excluding hydrogens is 160 g/mol. The second-order valence-electron chi connectivity index (χ2n) is 3.81. The molecule has 0 atom stereocenters. The summed E-state index contributed by atoms with van der Waals surface area (Å²) in [5.41, 5.74) is 2.83. The summed E-state index contributed by atoms with van der Waals surface area (Å²) in [4.78, 5) is 2.19. The third-order valence-electron chi connectivity index (χ3n) is 2.64. The molecule has 1 aliphatic rings. The molecule has 0 aliphatic carbocycles. The zero-order valence-electron chi connectivity index (χ0n) is 8.25. The second-order valence-corrected chi connectivity index (χ2v) is 3.81. The molecule has 0 spiro atoms. The number of nitrogens with zero attached hydrogens (tertiary/aromatic N) is 1. The van der Waals surface area contributed by atoms with Gasteiger partial charge in [0.1, 0.15) is 0 Å². The second kappa shape index (κ2) is 3.38. The highest BCUT2D eigenvalue weighted by molar-refractivity contribution is 5.54. The zero-order chi connectivity index (χ0) is 9.26. The fourth-order valence-electron chi connectivity index (χ4n) is 1.75. The van der Waals surface area contributed by atoms with Gasteiger partial charge >= 0.3 is 0 Å². The van der Waals surface area contributed by atoms with Gasteiger partial charge in [0.05, 0.1) is 0 Å². The SMILES string of the molecule is CN(C)c1ccccc1C1CNC1. The number of nitrogens with one attached hydrogen (secondary N) is 1. The summed E-state index contributed by atoms with van der Waals surface area (Å²) >= 11 is 0. The molecule has 1 aromatic rings. The number of hydrogen-bond donors (Lipinski definition) is 1. The molecule has 0 unspecified atom stereocenters. The lowest BCUT2D eigenvalue weighted by Gasteiger charge is -2.31. The van der Waals surface area contributed by atoms with Crippen molar-refractivity contribution >= 4 is 5.69 Å². The maximum atomic E-state index is 3.31. The Morgan fingerprint density at radius 2 is 1.92 bits per heavy atom. The van der Waals surface area contributed by atoms with Crippen LogP contribution < -0.4 is 10.2 Å². The van der Waals surface area contributed by atoms with E-state index in [9.17, 15) is 0 Å². The maximum Gasteiger partial charge on any atom is 0.0397 e. The Kier molecular flexibility index (Phi) is 2.23. The quantitative estimate of drug-likeness (QED) is 0.733. The van der Waals surface area contributed by atoms with Crippen LogP contribution in [0.4, 0.5) is 5.69 Å². The molecule has 1 aliphatic heterocycles. The Labute approximate surface area is 79.6 Å². The molecule has 2 nitrogen and oxygen atoms in total. The minimum atomic E-state index is 0.721. The Morgan fingerprint density at radius 3 is 2.46 bits per heavy atom. The molecule has 1 saturated heterocycles. The lowest BCUT2D eigenvalue weighted by atomic mass is 9.92. The van der Waals surface area contributed by atoms with Crippen LogP contribution in [0.3, 0.4) is 0 Å². The van der Waals surface area contributed by atoms with Crippen molar-refractivity contribution in [3.8, 4) is 0 Å².